The molecule has 1 spiro atoms. The quantitative estimate of drug-likeness (QED) is 0.848. The summed E-state index contributed by atoms with van der Waals surface area (Å²) in [6.45, 7) is 4.40. The summed E-state index contributed by atoms with van der Waals surface area (Å²) in [7, 11) is 0. The van der Waals surface area contributed by atoms with E-state index in [9.17, 15) is 0 Å². The second-order valence-corrected chi connectivity index (χ2v) is 6.18. The highest BCUT2D eigenvalue weighted by Crippen LogP contribution is 2.40. The zero-order chi connectivity index (χ0) is 14.8. The summed E-state index contributed by atoms with van der Waals surface area (Å²) < 4.78 is 17.1. The van der Waals surface area contributed by atoms with Crippen LogP contribution in [-0.2, 0) is 11.3 Å². The fourth-order valence-corrected chi connectivity index (χ4v) is 3.46. The van der Waals surface area contributed by atoms with Gasteiger partial charge in [0.1, 0.15) is 5.75 Å². The van der Waals surface area contributed by atoms with Gasteiger partial charge in [0.15, 0.2) is 0 Å². The van der Waals surface area contributed by atoms with E-state index in [-0.39, 0.29) is 5.60 Å². The van der Waals surface area contributed by atoms with E-state index in [0.717, 1.165) is 38.4 Å². The number of nitrogens with zero attached hydrogens (tertiary/aromatic N) is 2. The minimum absolute atomic E-state index is 0.0219. The van der Waals surface area contributed by atoms with Crippen LogP contribution in [0.5, 0.6) is 5.75 Å². The molecule has 22 heavy (non-hydrogen) atoms. The third kappa shape index (κ3) is 2.62. The number of likely N-dealkylation sites (tertiary alicyclic amines) is 1. The van der Waals surface area contributed by atoms with Crippen molar-refractivity contribution in [3.8, 4) is 5.75 Å². The summed E-state index contributed by atoms with van der Waals surface area (Å²) in [5, 5.41) is 0. The maximum Gasteiger partial charge on any atom is 0.137 e. The Morgan fingerprint density at radius 2 is 2.32 bits per heavy atom. The first-order valence-electron chi connectivity index (χ1n) is 7.74. The summed E-state index contributed by atoms with van der Waals surface area (Å²) in [5.74, 6) is 1.28. The van der Waals surface area contributed by atoms with Crippen LogP contribution < -0.4 is 4.74 Å². The molecule has 116 valence electrons. The Kier molecular flexibility index (Phi) is 3.60. The molecule has 2 aromatic heterocycles. The first-order valence-corrected chi connectivity index (χ1v) is 7.74. The molecule has 2 aliphatic heterocycles. The molecule has 2 aliphatic rings. The number of hydrogen-bond acceptors (Lipinski definition) is 5. The maximum atomic E-state index is 6.07. The van der Waals surface area contributed by atoms with Crippen LogP contribution in [-0.4, -0.2) is 41.8 Å². The predicted octanol–water partition coefficient (Wildman–Crippen LogP) is 2.34. The lowest BCUT2D eigenvalue weighted by Crippen LogP contribution is -2.64. The topological polar surface area (TPSA) is 47.7 Å². The Hall–Kier alpha value is -1.85. The highest BCUT2D eigenvalue weighted by Gasteiger charge is 2.53. The molecule has 1 atom stereocenters. The van der Waals surface area contributed by atoms with Gasteiger partial charge in [-0.15, -0.1) is 0 Å². The minimum atomic E-state index is -0.0219. The van der Waals surface area contributed by atoms with E-state index < -0.39 is 0 Å². The van der Waals surface area contributed by atoms with Gasteiger partial charge in [0.05, 0.1) is 30.9 Å². The van der Waals surface area contributed by atoms with Crippen LogP contribution in [0.25, 0.3) is 0 Å². The zero-order valence-electron chi connectivity index (χ0n) is 12.5. The van der Waals surface area contributed by atoms with Crippen molar-refractivity contribution in [3.05, 3.63) is 48.7 Å². The molecule has 2 saturated heterocycles. The average molecular weight is 300 g/mol. The number of ether oxygens (including phenoxy) is 2. The van der Waals surface area contributed by atoms with Crippen molar-refractivity contribution in [2.75, 3.05) is 26.3 Å². The van der Waals surface area contributed by atoms with Crippen LogP contribution in [0, 0.1) is 5.92 Å². The van der Waals surface area contributed by atoms with E-state index in [0.29, 0.717) is 12.5 Å². The van der Waals surface area contributed by atoms with E-state index in [4.69, 9.17) is 13.9 Å². The van der Waals surface area contributed by atoms with Gasteiger partial charge in [-0.25, -0.2) is 0 Å². The molecule has 0 bridgehead atoms. The fraction of sp³-hybridized carbons (Fsp3) is 0.471. The van der Waals surface area contributed by atoms with Crippen LogP contribution in [0.4, 0.5) is 0 Å². The monoisotopic (exact) mass is 300 g/mol. The molecule has 4 rings (SSSR count). The summed E-state index contributed by atoms with van der Waals surface area (Å²) in [6, 6.07) is 5.86. The average Bonchev–Trinajstić information content (AvgIpc) is 3.15. The molecule has 2 fully saturated rings. The van der Waals surface area contributed by atoms with Crippen molar-refractivity contribution in [2.45, 2.75) is 18.6 Å². The Labute approximate surface area is 129 Å². The van der Waals surface area contributed by atoms with Crippen molar-refractivity contribution in [1.82, 2.24) is 9.88 Å². The highest BCUT2D eigenvalue weighted by atomic mass is 16.5. The first-order chi connectivity index (χ1) is 10.8. The van der Waals surface area contributed by atoms with Crippen molar-refractivity contribution < 1.29 is 13.9 Å². The summed E-state index contributed by atoms with van der Waals surface area (Å²) in [4.78, 5) is 6.48. The standard InChI is InChI=1S/C17H20N2O3/c1-2-16(8-18-5-1)21-11-15-4-7-22-17(15)12-19(13-17)9-14-3-6-20-10-14/h1-3,5-6,8,10,15H,4,7,9,11-13H2/t15-/m1/s1. The summed E-state index contributed by atoms with van der Waals surface area (Å²) >= 11 is 0. The number of pyridine rings is 1. The van der Waals surface area contributed by atoms with Gasteiger partial charge in [-0.2, -0.15) is 0 Å². The molecule has 5 nitrogen and oxygen atoms in total. The van der Waals surface area contributed by atoms with E-state index in [1.54, 1.807) is 18.7 Å². The number of rotatable bonds is 5. The van der Waals surface area contributed by atoms with Crippen molar-refractivity contribution in [2.24, 2.45) is 5.92 Å². The van der Waals surface area contributed by atoms with Gasteiger partial charge in [-0.1, -0.05) is 0 Å². The Bertz CT molecular complexity index is 594. The van der Waals surface area contributed by atoms with E-state index in [1.165, 1.54) is 5.56 Å². The fourth-order valence-electron chi connectivity index (χ4n) is 3.46. The molecule has 0 aliphatic carbocycles. The maximum absolute atomic E-state index is 6.07. The van der Waals surface area contributed by atoms with Crippen LogP contribution in [0.15, 0.2) is 47.5 Å². The molecular weight excluding hydrogens is 280 g/mol. The molecule has 4 heterocycles. The van der Waals surface area contributed by atoms with E-state index in [2.05, 4.69) is 9.88 Å². The van der Waals surface area contributed by atoms with Gasteiger partial charge in [-0.3, -0.25) is 9.88 Å². The molecule has 0 N–H and O–H groups in total. The Morgan fingerprint density at radius 1 is 1.36 bits per heavy atom. The van der Waals surface area contributed by atoms with Crippen LogP contribution in [0.2, 0.25) is 0 Å². The highest BCUT2D eigenvalue weighted by molar-refractivity contribution is 5.16. The number of furan rings is 1. The van der Waals surface area contributed by atoms with Crippen LogP contribution in [0.3, 0.4) is 0 Å². The SMILES string of the molecule is c1cncc(OC[C@H]2CCOC23CN(Cc2ccoc2)C3)c1. The molecule has 0 amide bonds. The smallest absolute Gasteiger partial charge is 0.137 e. The molecule has 5 heteroatoms. The molecule has 0 unspecified atom stereocenters. The normalized spacial score (nSPS) is 23.5. The largest absolute Gasteiger partial charge is 0.492 e. The molecule has 0 saturated carbocycles. The van der Waals surface area contributed by atoms with Crippen LogP contribution in [0.1, 0.15) is 12.0 Å². The molecular formula is C17H20N2O3. The van der Waals surface area contributed by atoms with Crippen molar-refractivity contribution in [1.29, 1.82) is 0 Å². The molecule has 0 aromatic carbocycles. The summed E-state index contributed by atoms with van der Waals surface area (Å²) in [6.07, 6.45) is 8.12. The third-order valence-electron chi connectivity index (χ3n) is 4.65. The van der Waals surface area contributed by atoms with Gasteiger partial charge < -0.3 is 13.9 Å². The second-order valence-electron chi connectivity index (χ2n) is 6.18. The van der Waals surface area contributed by atoms with Gasteiger partial charge in [0.25, 0.3) is 0 Å². The predicted molar refractivity (Wildman–Crippen MR) is 80.5 cm³/mol. The first kappa shape index (κ1) is 13.8. The molecule has 0 radical (unpaired) electrons. The molecule has 2 aromatic rings. The number of aromatic nitrogens is 1. The van der Waals surface area contributed by atoms with Crippen molar-refractivity contribution in [3.63, 3.8) is 0 Å². The number of hydrogen-bond donors (Lipinski definition) is 0. The van der Waals surface area contributed by atoms with Gasteiger partial charge in [-0.05, 0) is 24.6 Å². The third-order valence-corrected chi connectivity index (χ3v) is 4.65. The minimum Gasteiger partial charge on any atom is -0.492 e. The second kappa shape index (κ2) is 5.74. The summed E-state index contributed by atoms with van der Waals surface area (Å²) in [5.41, 5.74) is 1.20. The lowest BCUT2D eigenvalue weighted by Gasteiger charge is -2.50. The van der Waals surface area contributed by atoms with Gasteiger partial charge >= 0.3 is 0 Å². The lowest BCUT2D eigenvalue weighted by atomic mass is 9.81. The Morgan fingerprint density at radius 3 is 3.09 bits per heavy atom. The van der Waals surface area contributed by atoms with E-state index >= 15 is 0 Å². The van der Waals surface area contributed by atoms with Gasteiger partial charge in [0.2, 0.25) is 0 Å². The zero-order valence-corrected chi connectivity index (χ0v) is 12.5. The van der Waals surface area contributed by atoms with Crippen molar-refractivity contribution >= 4 is 0 Å². The van der Waals surface area contributed by atoms with Gasteiger partial charge in [0, 0.05) is 43.9 Å². The van der Waals surface area contributed by atoms with Crippen LogP contribution >= 0.6 is 0 Å². The Balaban J connectivity index is 1.32. The van der Waals surface area contributed by atoms with E-state index in [1.807, 2.05) is 24.5 Å². The lowest BCUT2D eigenvalue weighted by molar-refractivity contribution is -0.140.